The van der Waals surface area contributed by atoms with Gasteiger partial charge in [-0.2, -0.15) is 0 Å². The SMILES string of the molecule is CCCNC(N)=NCC1CCCN(C(C)C)C1.I. The first kappa shape index (κ1) is 18.0. The van der Waals surface area contributed by atoms with E-state index in [0.29, 0.717) is 17.9 Å². The molecule has 1 rings (SSSR count). The summed E-state index contributed by atoms with van der Waals surface area (Å²) < 4.78 is 0. The van der Waals surface area contributed by atoms with E-state index >= 15 is 0 Å². The molecule has 4 nitrogen and oxygen atoms in total. The van der Waals surface area contributed by atoms with Gasteiger partial charge in [0.05, 0.1) is 0 Å². The molecule has 3 N–H and O–H groups in total. The van der Waals surface area contributed by atoms with Crippen LogP contribution in [-0.2, 0) is 0 Å². The van der Waals surface area contributed by atoms with E-state index in [-0.39, 0.29) is 24.0 Å². The van der Waals surface area contributed by atoms with Crippen LogP contribution in [0.25, 0.3) is 0 Å². The van der Waals surface area contributed by atoms with Gasteiger partial charge in [-0.15, -0.1) is 24.0 Å². The third-order valence-electron chi connectivity index (χ3n) is 3.36. The Kier molecular flexibility index (Phi) is 9.81. The molecule has 0 aromatic rings. The Morgan fingerprint density at radius 2 is 2.22 bits per heavy atom. The molecule has 18 heavy (non-hydrogen) atoms. The lowest BCUT2D eigenvalue weighted by Gasteiger charge is -2.34. The molecule has 1 aliphatic heterocycles. The second-order valence-corrected chi connectivity index (χ2v) is 5.25. The van der Waals surface area contributed by atoms with Gasteiger partial charge in [-0.1, -0.05) is 6.92 Å². The lowest BCUT2D eigenvalue weighted by molar-refractivity contribution is 0.143. The van der Waals surface area contributed by atoms with Crippen molar-refractivity contribution in [1.82, 2.24) is 10.2 Å². The summed E-state index contributed by atoms with van der Waals surface area (Å²) in [7, 11) is 0. The number of nitrogens with two attached hydrogens (primary N) is 1. The van der Waals surface area contributed by atoms with Gasteiger partial charge in [-0.25, -0.2) is 0 Å². The van der Waals surface area contributed by atoms with Crippen LogP contribution in [0.15, 0.2) is 4.99 Å². The normalized spacial score (nSPS) is 21.8. The summed E-state index contributed by atoms with van der Waals surface area (Å²) in [5, 5.41) is 3.12. The van der Waals surface area contributed by atoms with Crippen LogP contribution in [0.5, 0.6) is 0 Å². The summed E-state index contributed by atoms with van der Waals surface area (Å²) >= 11 is 0. The second kappa shape index (κ2) is 9.83. The van der Waals surface area contributed by atoms with Crippen LogP contribution >= 0.6 is 24.0 Å². The monoisotopic (exact) mass is 368 g/mol. The van der Waals surface area contributed by atoms with Crippen LogP contribution in [0.3, 0.4) is 0 Å². The van der Waals surface area contributed by atoms with E-state index in [1.165, 1.54) is 25.9 Å². The van der Waals surface area contributed by atoms with Gasteiger partial charge in [0.25, 0.3) is 0 Å². The van der Waals surface area contributed by atoms with Gasteiger partial charge in [0.2, 0.25) is 0 Å². The maximum absolute atomic E-state index is 5.80. The average Bonchev–Trinajstić information content (AvgIpc) is 2.34. The minimum absolute atomic E-state index is 0. The van der Waals surface area contributed by atoms with Crippen LogP contribution in [0, 0.1) is 5.92 Å². The van der Waals surface area contributed by atoms with Gasteiger partial charge in [-0.05, 0) is 45.6 Å². The Morgan fingerprint density at radius 3 is 2.83 bits per heavy atom. The highest BCUT2D eigenvalue weighted by molar-refractivity contribution is 14.0. The molecule has 1 fully saturated rings. The third-order valence-corrected chi connectivity index (χ3v) is 3.36. The Bertz CT molecular complexity index is 243. The maximum Gasteiger partial charge on any atom is 0.188 e. The summed E-state index contributed by atoms with van der Waals surface area (Å²) in [5.41, 5.74) is 5.80. The van der Waals surface area contributed by atoms with Crippen molar-refractivity contribution < 1.29 is 0 Å². The second-order valence-electron chi connectivity index (χ2n) is 5.25. The van der Waals surface area contributed by atoms with E-state index in [1.54, 1.807) is 0 Å². The van der Waals surface area contributed by atoms with Crippen LogP contribution < -0.4 is 11.1 Å². The molecule has 0 amide bonds. The molecule has 1 atom stereocenters. The molecular weight excluding hydrogens is 339 g/mol. The van der Waals surface area contributed by atoms with Gasteiger partial charge < -0.3 is 16.0 Å². The topological polar surface area (TPSA) is 53.6 Å². The van der Waals surface area contributed by atoms with Crippen LogP contribution in [0.1, 0.15) is 40.0 Å². The first-order chi connectivity index (χ1) is 8.13. The summed E-state index contributed by atoms with van der Waals surface area (Å²) in [6.45, 7) is 10.8. The third kappa shape index (κ3) is 6.78. The summed E-state index contributed by atoms with van der Waals surface area (Å²) in [6, 6.07) is 0.650. The summed E-state index contributed by atoms with van der Waals surface area (Å²) in [6.07, 6.45) is 3.66. The van der Waals surface area contributed by atoms with Crippen LogP contribution in [0.4, 0.5) is 0 Å². The quantitative estimate of drug-likeness (QED) is 0.444. The Hall–Kier alpha value is -0.0400. The maximum atomic E-state index is 5.80. The van der Waals surface area contributed by atoms with Gasteiger partial charge in [0, 0.05) is 25.7 Å². The van der Waals surface area contributed by atoms with Gasteiger partial charge >= 0.3 is 0 Å². The fraction of sp³-hybridized carbons (Fsp3) is 0.923. The van der Waals surface area contributed by atoms with Crippen molar-refractivity contribution in [3.63, 3.8) is 0 Å². The first-order valence-corrected chi connectivity index (χ1v) is 6.91. The molecule has 1 unspecified atom stereocenters. The highest BCUT2D eigenvalue weighted by Gasteiger charge is 2.21. The number of nitrogens with one attached hydrogen (secondary N) is 1. The smallest absolute Gasteiger partial charge is 0.188 e. The highest BCUT2D eigenvalue weighted by Crippen LogP contribution is 2.18. The van der Waals surface area contributed by atoms with Crippen molar-refractivity contribution >= 4 is 29.9 Å². The zero-order valence-corrected chi connectivity index (χ0v) is 14.3. The van der Waals surface area contributed by atoms with Crippen molar-refractivity contribution in [1.29, 1.82) is 0 Å². The average molecular weight is 368 g/mol. The molecule has 0 aliphatic carbocycles. The van der Waals surface area contributed by atoms with Crippen molar-refractivity contribution in [2.24, 2.45) is 16.6 Å². The number of halogens is 1. The van der Waals surface area contributed by atoms with Gasteiger partial charge in [0.15, 0.2) is 5.96 Å². The first-order valence-electron chi connectivity index (χ1n) is 6.91. The number of aliphatic imine (C=N–C) groups is 1. The molecule has 5 heteroatoms. The molecular formula is C13H29IN4. The number of likely N-dealkylation sites (tertiary alicyclic amines) is 1. The molecule has 1 aliphatic rings. The summed E-state index contributed by atoms with van der Waals surface area (Å²) in [5.74, 6) is 1.28. The molecule has 0 bridgehead atoms. The van der Waals surface area contributed by atoms with E-state index in [0.717, 1.165) is 19.5 Å². The minimum Gasteiger partial charge on any atom is -0.370 e. The molecule has 1 heterocycles. The number of hydrogen-bond acceptors (Lipinski definition) is 2. The van der Waals surface area contributed by atoms with E-state index in [4.69, 9.17) is 5.73 Å². The van der Waals surface area contributed by atoms with Crippen molar-refractivity contribution in [3.05, 3.63) is 0 Å². The Balaban J connectivity index is 0.00000289. The molecule has 0 spiro atoms. The van der Waals surface area contributed by atoms with Crippen molar-refractivity contribution in [2.75, 3.05) is 26.2 Å². The Labute approximate surface area is 129 Å². The predicted molar refractivity (Wildman–Crippen MR) is 89.6 cm³/mol. The summed E-state index contributed by atoms with van der Waals surface area (Å²) in [4.78, 5) is 6.98. The fourth-order valence-corrected chi connectivity index (χ4v) is 2.25. The van der Waals surface area contributed by atoms with E-state index in [9.17, 15) is 0 Å². The number of rotatable bonds is 5. The van der Waals surface area contributed by atoms with E-state index < -0.39 is 0 Å². The molecule has 0 aromatic heterocycles. The van der Waals surface area contributed by atoms with Crippen LogP contribution in [-0.4, -0.2) is 43.1 Å². The fourth-order valence-electron chi connectivity index (χ4n) is 2.25. The molecule has 0 radical (unpaired) electrons. The molecule has 0 aromatic carbocycles. The van der Waals surface area contributed by atoms with Gasteiger partial charge in [0.1, 0.15) is 0 Å². The van der Waals surface area contributed by atoms with Crippen molar-refractivity contribution in [2.45, 2.75) is 46.1 Å². The zero-order chi connectivity index (χ0) is 12.7. The zero-order valence-electron chi connectivity index (χ0n) is 12.0. The number of piperidine rings is 1. The van der Waals surface area contributed by atoms with E-state index in [2.05, 4.69) is 36.0 Å². The number of nitrogens with zero attached hydrogens (tertiary/aromatic N) is 2. The molecule has 1 saturated heterocycles. The number of hydrogen-bond donors (Lipinski definition) is 2. The lowest BCUT2D eigenvalue weighted by atomic mass is 9.97. The lowest BCUT2D eigenvalue weighted by Crippen LogP contribution is -2.41. The molecule has 108 valence electrons. The standard InChI is InChI=1S/C13H28N4.HI/c1-4-7-15-13(14)16-9-12-6-5-8-17(10-12)11(2)3;/h11-12H,4-10H2,1-3H3,(H3,14,15,16);1H. The highest BCUT2D eigenvalue weighted by atomic mass is 127. The number of guanidine groups is 1. The molecule has 0 saturated carbocycles. The largest absolute Gasteiger partial charge is 0.370 e. The predicted octanol–water partition coefficient (Wildman–Crippen LogP) is 2.04. The minimum atomic E-state index is 0. The van der Waals surface area contributed by atoms with Gasteiger partial charge in [-0.3, -0.25) is 4.99 Å². The van der Waals surface area contributed by atoms with E-state index in [1.807, 2.05) is 0 Å². The Morgan fingerprint density at radius 1 is 1.50 bits per heavy atom. The van der Waals surface area contributed by atoms with Crippen molar-refractivity contribution in [3.8, 4) is 0 Å². The van der Waals surface area contributed by atoms with Crippen LogP contribution in [0.2, 0.25) is 0 Å².